The summed E-state index contributed by atoms with van der Waals surface area (Å²) in [5.41, 5.74) is 2.58. The van der Waals surface area contributed by atoms with Crippen LogP contribution in [0.4, 0.5) is 5.69 Å². The Morgan fingerprint density at radius 2 is 1.70 bits per heavy atom. The summed E-state index contributed by atoms with van der Waals surface area (Å²) in [6.45, 7) is 5.63. The number of methoxy groups -OCH3 is 2. The number of ether oxygens (including phenoxy) is 2. The van der Waals surface area contributed by atoms with Crippen LogP contribution in [0.5, 0.6) is 11.5 Å². The van der Waals surface area contributed by atoms with Crippen molar-refractivity contribution in [1.82, 2.24) is 4.90 Å². The Balaban J connectivity index is 1.60. The van der Waals surface area contributed by atoms with Gasteiger partial charge < -0.3 is 14.8 Å². The van der Waals surface area contributed by atoms with E-state index in [9.17, 15) is 4.79 Å². The standard InChI is InChI=1S/C22H28N2O3/c1-16-10-12-24(13-11-16)15-17-4-7-19(8-5-17)23-22(25)18-6-9-20(26-2)21(14-18)27-3/h4-9,14,16H,10-13,15H2,1-3H3,(H,23,25). The summed E-state index contributed by atoms with van der Waals surface area (Å²) >= 11 is 0. The van der Waals surface area contributed by atoms with Crippen LogP contribution < -0.4 is 14.8 Å². The van der Waals surface area contributed by atoms with Gasteiger partial charge in [-0.2, -0.15) is 0 Å². The number of amides is 1. The molecule has 1 heterocycles. The summed E-state index contributed by atoms with van der Waals surface area (Å²) in [4.78, 5) is 15.0. The molecule has 0 unspecified atom stereocenters. The number of benzene rings is 2. The largest absolute Gasteiger partial charge is 0.493 e. The van der Waals surface area contributed by atoms with Gasteiger partial charge in [0.25, 0.3) is 5.91 Å². The molecule has 1 aliphatic heterocycles. The molecule has 0 bridgehead atoms. The van der Waals surface area contributed by atoms with Gasteiger partial charge in [0.2, 0.25) is 0 Å². The zero-order chi connectivity index (χ0) is 19.2. The first-order valence-electron chi connectivity index (χ1n) is 9.43. The number of likely N-dealkylation sites (tertiary alicyclic amines) is 1. The highest BCUT2D eigenvalue weighted by atomic mass is 16.5. The smallest absolute Gasteiger partial charge is 0.255 e. The Bertz CT molecular complexity index is 766. The van der Waals surface area contributed by atoms with Crippen molar-refractivity contribution in [1.29, 1.82) is 0 Å². The molecule has 0 radical (unpaired) electrons. The summed E-state index contributed by atoms with van der Waals surface area (Å²) in [7, 11) is 3.13. The average molecular weight is 368 g/mol. The third-order valence-electron chi connectivity index (χ3n) is 5.14. The second-order valence-electron chi connectivity index (χ2n) is 7.18. The first-order chi connectivity index (χ1) is 13.1. The normalized spacial score (nSPS) is 15.4. The van der Waals surface area contributed by atoms with Gasteiger partial charge in [0.1, 0.15) is 0 Å². The lowest BCUT2D eigenvalue weighted by Crippen LogP contribution is -2.32. The van der Waals surface area contributed by atoms with E-state index >= 15 is 0 Å². The van der Waals surface area contributed by atoms with E-state index in [0.717, 1.165) is 18.2 Å². The minimum absolute atomic E-state index is 0.172. The molecule has 0 atom stereocenters. The van der Waals surface area contributed by atoms with Crippen LogP contribution in [0.25, 0.3) is 0 Å². The van der Waals surface area contributed by atoms with Crippen molar-refractivity contribution >= 4 is 11.6 Å². The lowest BCUT2D eigenvalue weighted by atomic mass is 9.99. The summed E-state index contributed by atoms with van der Waals surface area (Å²) < 4.78 is 10.5. The van der Waals surface area contributed by atoms with Crippen LogP contribution in [0.3, 0.4) is 0 Å². The lowest BCUT2D eigenvalue weighted by Gasteiger charge is -2.30. The fourth-order valence-corrected chi connectivity index (χ4v) is 3.35. The highest BCUT2D eigenvalue weighted by Gasteiger charge is 2.16. The molecule has 0 spiro atoms. The molecule has 1 N–H and O–H groups in total. The summed E-state index contributed by atoms with van der Waals surface area (Å²) in [5.74, 6) is 1.81. The van der Waals surface area contributed by atoms with Crippen molar-refractivity contribution in [3.63, 3.8) is 0 Å². The number of hydrogen-bond donors (Lipinski definition) is 1. The molecule has 1 fully saturated rings. The Kier molecular flexibility index (Phi) is 6.35. The molecule has 5 heteroatoms. The summed E-state index contributed by atoms with van der Waals surface area (Å²) in [6.07, 6.45) is 2.55. The van der Waals surface area contributed by atoms with E-state index in [1.807, 2.05) is 12.1 Å². The van der Waals surface area contributed by atoms with Gasteiger partial charge in [-0.15, -0.1) is 0 Å². The minimum Gasteiger partial charge on any atom is -0.493 e. The molecule has 0 saturated carbocycles. The van der Waals surface area contributed by atoms with Crippen molar-refractivity contribution in [2.24, 2.45) is 5.92 Å². The zero-order valence-corrected chi connectivity index (χ0v) is 16.3. The molecule has 144 valence electrons. The van der Waals surface area contributed by atoms with Crippen LogP contribution in [0.2, 0.25) is 0 Å². The Morgan fingerprint density at radius 3 is 2.33 bits per heavy atom. The van der Waals surface area contributed by atoms with E-state index in [1.54, 1.807) is 32.4 Å². The maximum Gasteiger partial charge on any atom is 0.255 e. The fourth-order valence-electron chi connectivity index (χ4n) is 3.35. The van der Waals surface area contributed by atoms with E-state index in [4.69, 9.17) is 9.47 Å². The Labute approximate surface area is 161 Å². The Morgan fingerprint density at radius 1 is 1.04 bits per heavy atom. The molecule has 1 saturated heterocycles. The summed E-state index contributed by atoms with van der Waals surface area (Å²) in [5, 5.41) is 2.93. The van der Waals surface area contributed by atoms with Crippen LogP contribution in [0.1, 0.15) is 35.7 Å². The van der Waals surface area contributed by atoms with Crippen molar-refractivity contribution in [2.45, 2.75) is 26.3 Å². The first kappa shape index (κ1) is 19.2. The number of rotatable bonds is 6. The third-order valence-corrected chi connectivity index (χ3v) is 5.14. The van der Waals surface area contributed by atoms with Gasteiger partial charge >= 0.3 is 0 Å². The SMILES string of the molecule is COc1ccc(C(=O)Nc2ccc(CN3CCC(C)CC3)cc2)cc1OC. The molecule has 27 heavy (non-hydrogen) atoms. The van der Waals surface area contributed by atoms with E-state index in [1.165, 1.54) is 31.5 Å². The number of carbonyl (C=O) groups is 1. The molecule has 2 aromatic carbocycles. The summed E-state index contributed by atoms with van der Waals surface area (Å²) in [6, 6.07) is 13.2. The number of nitrogens with one attached hydrogen (secondary N) is 1. The minimum atomic E-state index is -0.172. The van der Waals surface area contributed by atoms with Gasteiger partial charge in [0.05, 0.1) is 14.2 Å². The van der Waals surface area contributed by atoms with Crippen LogP contribution in [-0.2, 0) is 6.54 Å². The van der Waals surface area contributed by atoms with Crippen molar-refractivity contribution in [3.05, 3.63) is 53.6 Å². The molecular weight excluding hydrogens is 340 g/mol. The molecule has 5 nitrogen and oxygen atoms in total. The van der Waals surface area contributed by atoms with Gasteiger partial charge in [-0.05, 0) is 67.7 Å². The number of hydrogen-bond acceptors (Lipinski definition) is 4. The van der Waals surface area contributed by atoms with Gasteiger partial charge in [-0.1, -0.05) is 19.1 Å². The van der Waals surface area contributed by atoms with Gasteiger partial charge in [-0.3, -0.25) is 9.69 Å². The highest BCUT2D eigenvalue weighted by molar-refractivity contribution is 6.04. The second-order valence-corrected chi connectivity index (χ2v) is 7.18. The number of carbonyl (C=O) groups excluding carboxylic acids is 1. The van der Waals surface area contributed by atoms with E-state index in [0.29, 0.717) is 17.1 Å². The van der Waals surface area contributed by atoms with Gasteiger partial charge in [-0.25, -0.2) is 0 Å². The van der Waals surface area contributed by atoms with Crippen LogP contribution in [-0.4, -0.2) is 38.1 Å². The molecule has 1 amide bonds. The van der Waals surface area contributed by atoms with Crippen molar-refractivity contribution < 1.29 is 14.3 Å². The molecule has 1 aliphatic rings. The maximum atomic E-state index is 12.5. The predicted octanol–water partition coefficient (Wildman–Crippen LogP) is 4.19. The predicted molar refractivity (Wildman–Crippen MR) is 108 cm³/mol. The quantitative estimate of drug-likeness (QED) is 0.831. The number of piperidine rings is 1. The van der Waals surface area contributed by atoms with E-state index < -0.39 is 0 Å². The Hall–Kier alpha value is -2.53. The molecular formula is C22H28N2O3. The van der Waals surface area contributed by atoms with Crippen molar-refractivity contribution in [2.75, 3.05) is 32.6 Å². The zero-order valence-electron chi connectivity index (χ0n) is 16.3. The van der Waals surface area contributed by atoms with Crippen LogP contribution in [0, 0.1) is 5.92 Å². The highest BCUT2D eigenvalue weighted by Crippen LogP contribution is 2.28. The molecule has 0 aliphatic carbocycles. The maximum absolute atomic E-state index is 12.5. The first-order valence-corrected chi connectivity index (χ1v) is 9.43. The van der Waals surface area contributed by atoms with Gasteiger partial charge in [0, 0.05) is 17.8 Å². The molecule has 2 aromatic rings. The topological polar surface area (TPSA) is 50.8 Å². The van der Waals surface area contributed by atoms with Crippen LogP contribution >= 0.6 is 0 Å². The van der Waals surface area contributed by atoms with Crippen molar-refractivity contribution in [3.8, 4) is 11.5 Å². The molecule has 0 aromatic heterocycles. The molecule has 3 rings (SSSR count). The number of nitrogens with zero attached hydrogens (tertiary/aromatic N) is 1. The van der Waals surface area contributed by atoms with E-state index in [-0.39, 0.29) is 5.91 Å². The average Bonchev–Trinajstić information content (AvgIpc) is 2.70. The van der Waals surface area contributed by atoms with Gasteiger partial charge in [0.15, 0.2) is 11.5 Å². The second kappa shape index (κ2) is 8.91. The fraction of sp³-hybridized carbons (Fsp3) is 0.409. The lowest BCUT2D eigenvalue weighted by molar-refractivity contribution is 0.102. The monoisotopic (exact) mass is 368 g/mol. The number of anilines is 1. The van der Waals surface area contributed by atoms with E-state index in [2.05, 4.69) is 29.3 Å². The third kappa shape index (κ3) is 5.01. The van der Waals surface area contributed by atoms with Crippen LogP contribution in [0.15, 0.2) is 42.5 Å².